The summed E-state index contributed by atoms with van der Waals surface area (Å²) in [7, 11) is -4.27. The third-order valence-corrected chi connectivity index (χ3v) is 4.44. The number of sulfonamides is 1. The van der Waals surface area contributed by atoms with Gasteiger partial charge in [0, 0.05) is 6.07 Å². The van der Waals surface area contributed by atoms with Crippen LogP contribution >= 0.6 is 0 Å². The van der Waals surface area contributed by atoms with Gasteiger partial charge in [-0.1, -0.05) is 18.2 Å². The van der Waals surface area contributed by atoms with Gasteiger partial charge in [0.15, 0.2) is 4.90 Å². The molecule has 120 valence electrons. The Morgan fingerprint density at radius 3 is 2.22 bits per heavy atom. The molecule has 0 aliphatic rings. The zero-order valence-corrected chi connectivity index (χ0v) is 12.6. The second kappa shape index (κ2) is 6.01. The van der Waals surface area contributed by atoms with Crippen molar-refractivity contribution in [2.24, 2.45) is 0 Å². The number of aryl methyl sites for hydroxylation is 1. The molecule has 2 rings (SSSR count). The van der Waals surface area contributed by atoms with E-state index in [1.165, 1.54) is 6.07 Å². The Kier molecular flexibility index (Phi) is 4.27. The predicted octanol–water partition coefficient (Wildman–Crippen LogP) is 2.61. The molecule has 0 fully saturated rings. The minimum Gasteiger partial charge on any atom is -0.279 e. The van der Waals surface area contributed by atoms with E-state index in [2.05, 4.69) is 4.72 Å². The van der Waals surface area contributed by atoms with E-state index in [1.807, 2.05) is 0 Å². The monoisotopic (exact) mass is 337 g/mol. The van der Waals surface area contributed by atoms with Crippen molar-refractivity contribution in [3.63, 3.8) is 0 Å². The molecule has 0 spiro atoms. The highest BCUT2D eigenvalue weighted by molar-refractivity contribution is 7.92. The summed E-state index contributed by atoms with van der Waals surface area (Å²) in [4.78, 5) is 19.3. The molecule has 0 saturated carbocycles. The maximum absolute atomic E-state index is 12.4. The predicted molar refractivity (Wildman–Crippen MR) is 81.7 cm³/mol. The molecule has 0 aliphatic heterocycles. The van der Waals surface area contributed by atoms with Gasteiger partial charge in [-0.2, -0.15) is 0 Å². The lowest BCUT2D eigenvalue weighted by Crippen LogP contribution is -2.15. The fourth-order valence-corrected chi connectivity index (χ4v) is 3.16. The summed E-state index contributed by atoms with van der Waals surface area (Å²) in [6, 6.07) is 8.85. The van der Waals surface area contributed by atoms with Crippen molar-refractivity contribution in [1.29, 1.82) is 0 Å². The van der Waals surface area contributed by atoms with Gasteiger partial charge in [0.2, 0.25) is 0 Å². The molecule has 10 heteroatoms. The number of rotatable bonds is 5. The Balaban J connectivity index is 2.53. The molecule has 0 aliphatic carbocycles. The molecule has 0 saturated heterocycles. The van der Waals surface area contributed by atoms with E-state index < -0.39 is 36.1 Å². The van der Waals surface area contributed by atoms with Crippen LogP contribution in [0.3, 0.4) is 0 Å². The molecule has 0 amide bonds. The number of hydrogen-bond acceptors (Lipinski definition) is 6. The van der Waals surface area contributed by atoms with E-state index in [0.717, 1.165) is 12.1 Å². The van der Waals surface area contributed by atoms with Crippen LogP contribution in [0.1, 0.15) is 5.56 Å². The topological polar surface area (TPSA) is 132 Å². The Morgan fingerprint density at radius 1 is 1.00 bits per heavy atom. The van der Waals surface area contributed by atoms with Gasteiger partial charge in [-0.3, -0.25) is 25.0 Å². The second-order valence-corrected chi connectivity index (χ2v) is 6.24. The van der Waals surface area contributed by atoms with Gasteiger partial charge < -0.3 is 0 Å². The lowest BCUT2D eigenvalue weighted by atomic mass is 10.2. The number of non-ortho nitro benzene ring substituents is 1. The zero-order valence-electron chi connectivity index (χ0n) is 11.8. The van der Waals surface area contributed by atoms with Crippen molar-refractivity contribution in [3.05, 3.63) is 68.3 Å². The first-order chi connectivity index (χ1) is 10.7. The van der Waals surface area contributed by atoms with E-state index in [4.69, 9.17) is 0 Å². The molecule has 0 atom stereocenters. The molecular formula is C13H11N3O6S. The molecule has 0 bridgehead atoms. The highest BCUT2D eigenvalue weighted by Gasteiger charge is 2.28. The maximum Gasteiger partial charge on any atom is 0.296 e. The zero-order chi connectivity index (χ0) is 17.2. The Bertz CT molecular complexity index is 894. The number of para-hydroxylation sites is 1. The Hall–Kier alpha value is -3.01. The summed E-state index contributed by atoms with van der Waals surface area (Å²) in [6.07, 6.45) is 0. The van der Waals surface area contributed by atoms with Crippen molar-refractivity contribution in [3.8, 4) is 0 Å². The highest BCUT2D eigenvalue weighted by Crippen LogP contribution is 2.30. The van der Waals surface area contributed by atoms with Crippen LogP contribution in [0.2, 0.25) is 0 Å². The second-order valence-electron chi connectivity index (χ2n) is 4.59. The van der Waals surface area contributed by atoms with E-state index in [1.54, 1.807) is 25.1 Å². The van der Waals surface area contributed by atoms with Gasteiger partial charge in [0.25, 0.3) is 21.4 Å². The number of nitrogens with zero attached hydrogens (tertiary/aromatic N) is 2. The number of nitro benzene ring substituents is 2. The molecule has 0 heterocycles. The van der Waals surface area contributed by atoms with E-state index in [9.17, 15) is 28.6 Å². The summed E-state index contributed by atoms with van der Waals surface area (Å²) >= 11 is 0. The van der Waals surface area contributed by atoms with Crippen molar-refractivity contribution >= 4 is 27.1 Å². The highest BCUT2D eigenvalue weighted by atomic mass is 32.2. The smallest absolute Gasteiger partial charge is 0.279 e. The minimum atomic E-state index is -4.27. The fraction of sp³-hybridized carbons (Fsp3) is 0.0769. The van der Waals surface area contributed by atoms with Crippen LogP contribution in [-0.4, -0.2) is 18.3 Å². The summed E-state index contributed by atoms with van der Waals surface area (Å²) in [5.41, 5.74) is -0.535. The molecule has 9 nitrogen and oxygen atoms in total. The largest absolute Gasteiger partial charge is 0.296 e. The van der Waals surface area contributed by atoms with Crippen LogP contribution < -0.4 is 4.72 Å². The van der Waals surface area contributed by atoms with Crippen molar-refractivity contribution in [1.82, 2.24) is 0 Å². The van der Waals surface area contributed by atoms with Crippen molar-refractivity contribution < 1.29 is 18.3 Å². The quantitative estimate of drug-likeness (QED) is 0.658. The van der Waals surface area contributed by atoms with Gasteiger partial charge in [-0.25, -0.2) is 8.42 Å². The summed E-state index contributed by atoms with van der Waals surface area (Å²) < 4.78 is 27.0. The fourth-order valence-electron chi connectivity index (χ4n) is 1.88. The van der Waals surface area contributed by atoms with Crippen LogP contribution in [0.15, 0.2) is 47.4 Å². The van der Waals surface area contributed by atoms with Crippen molar-refractivity contribution in [2.45, 2.75) is 11.8 Å². The SMILES string of the molecule is Cc1ccccc1NS(=O)(=O)c1ccc([N+](=O)[O-])cc1[N+](=O)[O-]. The number of nitrogens with one attached hydrogen (secondary N) is 1. The summed E-state index contributed by atoms with van der Waals surface area (Å²) in [6.45, 7) is 1.67. The molecule has 2 aromatic carbocycles. The first-order valence-corrected chi connectivity index (χ1v) is 7.72. The number of hydrogen-bond donors (Lipinski definition) is 1. The van der Waals surface area contributed by atoms with Gasteiger partial charge in [-0.05, 0) is 24.6 Å². The Labute approximate surface area is 130 Å². The first-order valence-electron chi connectivity index (χ1n) is 6.23. The van der Waals surface area contributed by atoms with Crippen LogP contribution in [0.5, 0.6) is 0 Å². The average Bonchev–Trinajstić information content (AvgIpc) is 2.48. The van der Waals surface area contributed by atoms with Gasteiger partial charge in [-0.15, -0.1) is 0 Å². The number of nitro groups is 2. The maximum atomic E-state index is 12.4. The summed E-state index contributed by atoms with van der Waals surface area (Å²) in [5, 5.41) is 21.7. The number of benzene rings is 2. The standard InChI is InChI=1S/C13H11N3O6S/c1-9-4-2-3-5-11(9)14-23(21,22)13-7-6-10(15(17)18)8-12(13)16(19)20/h2-8,14H,1H3. The molecule has 0 aromatic heterocycles. The Morgan fingerprint density at radius 2 is 1.65 bits per heavy atom. The third-order valence-electron chi connectivity index (χ3n) is 3.03. The molecule has 23 heavy (non-hydrogen) atoms. The van der Waals surface area contributed by atoms with Crippen molar-refractivity contribution in [2.75, 3.05) is 4.72 Å². The van der Waals surface area contributed by atoms with Gasteiger partial charge >= 0.3 is 0 Å². The lowest BCUT2D eigenvalue weighted by Gasteiger charge is -2.10. The van der Waals surface area contributed by atoms with Gasteiger partial charge in [0.1, 0.15) is 0 Å². The third kappa shape index (κ3) is 3.43. The van der Waals surface area contributed by atoms with Crippen LogP contribution in [0.4, 0.5) is 17.1 Å². The minimum absolute atomic E-state index is 0.264. The van der Waals surface area contributed by atoms with Gasteiger partial charge in [0.05, 0.1) is 21.6 Å². The normalized spacial score (nSPS) is 11.0. The van der Waals surface area contributed by atoms with E-state index in [-0.39, 0.29) is 5.69 Å². The molecule has 1 N–H and O–H groups in total. The molecular weight excluding hydrogens is 326 g/mol. The lowest BCUT2D eigenvalue weighted by molar-refractivity contribution is -0.396. The van der Waals surface area contributed by atoms with Crippen LogP contribution in [-0.2, 0) is 10.0 Å². The van der Waals surface area contributed by atoms with E-state index in [0.29, 0.717) is 11.6 Å². The summed E-state index contributed by atoms with van der Waals surface area (Å²) in [5.74, 6) is 0. The van der Waals surface area contributed by atoms with Crippen LogP contribution in [0.25, 0.3) is 0 Å². The average molecular weight is 337 g/mol. The van der Waals surface area contributed by atoms with E-state index >= 15 is 0 Å². The molecule has 0 radical (unpaired) electrons. The first kappa shape index (κ1) is 16.4. The number of anilines is 1. The molecule has 2 aromatic rings. The van der Waals surface area contributed by atoms with Crippen LogP contribution in [0, 0.1) is 27.2 Å². The molecule has 0 unspecified atom stereocenters.